The van der Waals surface area contributed by atoms with Crippen molar-refractivity contribution < 1.29 is 4.74 Å². The molecule has 5 heteroatoms. The van der Waals surface area contributed by atoms with Gasteiger partial charge in [0.15, 0.2) is 5.13 Å². The first-order valence-corrected chi connectivity index (χ1v) is 10.4. The number of hydrogen-bond donors (Lipinski definition) is 1. The van der Waals surface area contributed by atoms with Crippen LogP contribution in [0, 0.1) is 0 Å². The van der Waals surface area contributed by atoms with E-state index in [4.69, 9.17) is 10.5 Å². The van der Waals surface area contributed by atoms with Gasteiger partial charge in [-0.1, -0.05) is 39.5 Å². The minimum atomic E-state index is 0.281. The molecule has 0 bridgehead atoms. The molecule has 2 heterocycles. The van der Waals surface area contributed by atoms with E-state index in [1.165, 1.54) is 49.1 Å². The molecule has 1 aliphatic heterocycles. The van der Waals surface area contributed by atoms with Crippen LogP contribution in [0.2, 0.25) is 0 Å². The molecule has 136 valence electrons. The first-order valence-electron chi connectivity index (χ1n) is 9.48. The standard InChI is InChI=1S/C20H29N3OS/c1-3-5-6-7-8-11-23-13-16(4-2)24-19-10-9-15(12-18(19)23)17-14-25-20(21)22-17/h9-10,12,14,16H,3-8,11,13H2,1-2H3,(H2,21,22). The van der Waals surface area contributed by atoms with Gasteiger partial charge in [-0.3, -0.25) is 0 Å². The summed E-state index contributed by atoms with van der Waals surface area (Å²) in [4.78, 5) is 6.92. The maximum absolute atomic E-state index is 6.17. The van der Waals surface area contributed by atoms with Gasteiger partial charge in [0.1, 0.15) is 11.9 Å². The Bertz CT molecular complexity index is 685. The summed E-state index contributed by atoms with van der Waals surface area (Å²) in [6.07, 6.45) is 7.83. The molecule has 0 radical (unpaired) electrons. The van der Waals surface area contributed by atoms with Crippen LogP contribution in [0.15, 0.2) is 23.6 Å². The Balaban J connectivity index is 1.77. The summed E-state index contributed by atoms with van der Waals surface area (Å²) in [5.74, 6) is 0.999. The number of hydrogen-bond acceptors (Lipinski definition) is 5. The summed E-state index contributed by atoms with van der Waals surface area (Å²) >= 11 is 1.48. The van der Waals surface area contributed by atoms with E-state index in [1.807, 2.05) is 5.38 Å². The van der Waals surface area contributed by atoms with Gasteiger partial charge in [0.25, 0.3) is 0 Å². The molecule has 0 aliphatic carbocycles. The lowest BCUT2D eigenvalue weighted by atomic mass is 10.1. The van der Waals surface area contributed by atoms with E-state index in [-0.39, 0.29) is 6.10 Å². The van der Waals surface area contributed by atoms with Gasteiger partial charge in [0.05, 0.1) is 17.9 Å². The van der Waals surface area contributed by atoms with Gasteiger partial charge in [-0.15, -0.1) is 11.3 Å². The summed E-state index contributed by atoms with van der Waals surface area (Å²) in [6.45, 7) is 6.53. The second kappa shape index (κ2) is 8.56. The highest BCUT2D eigenvalue weighted by Gasteiger charge is 2.25. The SMILES string of the molecule is CCCCCCCN1CC(CC)Oc2ccc(-c3csc(N)n3)cc21. The summed E-state index contributed by atoms with van der Waals surface area (Å²) in [5, 5.41) is 2.63. The lowest BCUT2D eigenvalue weighted by Gasteiger charge is -2.36. The van der Waals surface area contributed by atoms with Crippen molar-refractivity contribution in [2.45, 2.75) is 58.5 Å². The Morgan fingerprint density at radius 3 is 2.80 bits per heavy atom. The van der Waals surface area contributed by atoms with Crippen molar-refractivity contribution in [3.63, 3.8) is 0 Å². The van der Waals surface area contributed by atoms with Crippen LogP contribution in [0.1, 0.15) is 52.4 Å². The number of benzene rings is 1. The van der Waals surface area contributed by atoms with Crippen LogP contribution in [0.3, 0.4) is 0 Å². The van der Waals surface area contributed by atoms with Crippen molar-refractivity contribution in [2.24, 2.45) is 0 Å². The Labute approximate surface area is 155 Å². The molecule has 25 heavy (non-hydrogen) atoms. The molecule has 0 spiro atoms. The van der Waals surface area contributed by atoms with Crippen LogP contribution in [-0.4, -0.2) is 24.2 Å². The van der Waals surface area contributed by atoms with Gasteiger partial charge < -0.3 is 15.4 Å². The first kappa shape index (κ1) is 18.1. The lowest BCUT2D eigenvalue weighted by Crippen LogP contribution is -2.40. The predicted octanol–water partition coefficient (Wildman–Crippen LogP) is 5.34. The van der Waals surface area contributed by atoms with Crippen molar-refractivity contribution >= 4 is 22.2 Å². The molecule has 4 nitrogen and oxygen atoms in total. The molecule has 0 fully saturated rings. The molecule has 1 aromatic heterocycles. The van der Waals surface area contributed by atoms with E-state index in [0.717, 1.165) is 36.5 Å². The highest BCUT2D eigenvalue weighted by molar-refractivity contribution is 7.13. The molecule has 3 rings (SSSR count). The van der Waals surface area contributed by atoms with Gasteiger partial charge in [-0.05, 0) is 31.0 Å². The maximum Gasteiger partial charge on any atom is 0.180 e. The number of ether oxygens (including phenoxy) is 1. The molecule has 1 atom stereocenters. The minimum Gasteiger partial charge on any atom is -0.486 e. The molecule has 1 unspecified atom stereocenters. The maximum atomic E-state index is 6.17. The number of anilines is 2. The van der Waals surface area contributed by atoms with Crippen molar-refractivity contribution in [1.82, 2.24) is 4.98 Å². The molecular formula is C20H29N3OS. The van der Waals surface area contributed by atoms with Crippen molar-refractivity contribution in [3.8, 4) is 17.0 Å². The Morgan fingerprint density at radius 2 is 2.08 bits per heavy atom. The van der Waals surface area contributed by atoms with Crippen LogP contribution < -0.4 is 15.4 Å². The minimum absolute atomic E-state index is 0.281. The highest BCUT2D eigenvalue weighted by atomic mass is 32.1. The zero-order valence-corrected chi connectivity index (χ0v) is 16.1. The summed E-state index contributed by atoms with van der Waals surface area (Å²) in [7, 11) is 0. The van der Waals surface area contributed by atoms with Gasteiger partial charge in [0.2, 0.25) is 0 Å². The third-order valence-corrected chi connectivity index (χ3v) is 5.50. The number of nitrogens with two attached hydrogens (primary N) is 1. The van der Waals surface area contributed by atoms with Crippen molar-refractivity contribution in [3.05, 3.63) is 23.6 Å². The van der Waals surface area contributed by atoms with Crippen molar-refractivity contribution in [2.75, 3.05) is 23.7 Å². The third-order valence-electron chi connectivity index (χ3n) is 4.82. The average Bonchev–Trinajstić information content (AvgIpc) is 3.07. The number of nitrogen functional groups attached to an aromatic ring is 1. The molecule has 0 saturated carbocycles. The quantitative estimate of drug-likeness (QED) is 0.646. The second-order valence-electron chi connectivity index (χ2n) is 6.76. The van der Waals surface area contributed by atoms with E-state index >= 15 is 0 Å². The van der Waals surface area contributed by atoms with Crippen LogP contribution in [0.4, 0.5) is 10.8 Å². The fourth-order valence-corrected chi connectivity index (χ4v) is 3.91. The molecule has 0 amide bonds. The van der Waals surface area contributed by atoms with Crippen molar-refractivity contribution in [1.29, 1.82) is 0 Å². The number of rotatable bonds is 8. The average molecular weight is 360 g/mol. The lowest BCUT2D eigenvalue weighted by molar-refractivity contribution is 0.189. The van der Waals surface area contributed by atoms with Crippen LogP contribution >= 0.6 is 11.3 Å². The number of nitrogens with zero attached hydrogens (tertiary/aromatic N) is 2. The molecule has 1 aliphatic rings. The van der Waals surface area contributed by atoms with E-state index in [9.17, 15) is 0 Å². The second-order valence-corrected chi connectivity index (χ2v) is 7.65. The third kappa shape index (κ3) is 4.46. The summed E-state index contributed by atoms with van der Waals surface area (Å²) < 4.78 is 6.17. The van der Waals surface area contributed by atoms with E-state index in [1.54, 1.807) is 0 Å². The summed E-state index contributed by atoms with van der Waals surface area (Å²) in [5.41, 5.74) is 9.06. The highest BCUT2D eigenvalue weighted by Crippen LogP contribution is 2.38. The van der Waals surface area contributed by atoms with Crippen LogP contribution in [0.5, 0.6) is 5.75 Å². The molecule has 1 aromatic carbocycles. The normalized spacial score (nSPS) is 16.6. The topological polar surface area (TPSA) is 51.4 Å². The fraction of sp³-hybridized carbons (Fsp3) is 0.550. The zero-order chi connectivity index (χ0) is 17.6. The zero-order valence-electron chi connectivity index (χ0n) is 15.3. The molecular weight excluding hydrogens is 330 g/mol. The molecule has 0 saturated heterocycles. The summed E-state index contributed by atoms with van der Waals surface area (Å²) in [6, 6.07) is 6.39. The largest absolute Gasteiger partial charge is 0.486 e. The monoisotopic (exact) mass is 359 g/mol. The van der Waals surface area contributed by atoms with Gasteiger partial charge in [-0.25, -0.2) is 4.98 Å². The van der Waals surface area contributed by atoms with E-state index in [0.29, 0.717) is 5.13 Å². The molecule has 2 N–H and O–H groups in total. The number of fused-ring (bicyclic) bond motifs is 1. The molecule has 2 aromatic rings. The predicted molar refractivity (Wildman–Crippen MR) is 108 cm³/mol. The van der Waals surface area contributed by atoms with Crippen LogP contribution in [0.25, 0.3) is 11.3 Å². The number of unbranched alkanes of at least 4 members (excludes halogenated alkanes) is 4. The van der Waals surface area contributed by atoms with E-state index < -0.39 is 0 Å². The Hall–Kier alpha value is -1.75. The van der Waals surface area contributed by atoms with Crippen LogP contribution in [-0.2, 0) is 0 Å². The number of aromatic nitrogens is 1. The van der Waals surface area contributed by atoms with Gasteiger partial charge in [-0.2, -0.15) is 0 Å². The number of thiazole rings is 1. The fourth-order valence-electron chi connectivity index (χ4n) is 3.34. The van der Waals surface area contributed by atoms with E-state index in [2.05, 4.69) is 41.9 Å². The smallest absolute Gasteiger partial charge is 0.180 e. The first-order chi connectivity index (χ1) is 12.2. The van der Waals surface area contributed by atoms with Gasteiger partial charge in [0, 0.05) is 17.5 Å². The Kier molecular flexibility index (Phi) is 6.19. The Morgan fingerprint density at radius 1 is 1.24 bits per heavy atom. The van der Waals surface area contributed by atoms with Gasteiger partial charge >= 0.3 is 0 Å².